The standard InChI is InChI=1S/C17H14ClN3O3S/c1-11(25-10-12-2-6-14(18)7-3-12)16-19-20-17(24-16)13-4-8-15(9-5-13)21(22)23/h2-9,11H,10H2,1H3/t11-/m1/s1. The summed E-state index contributed by atoms with van der Waals surface area (Å²) < 4.78 is 5.71. The van der Waals surface area contributed by atoms with Crippen LogP contribution in [0.2, 0.25) is 5.02 Å². The zero-order valence-corrected chi connectivity index (χ0v) is 14.8. The lowest BCUT2D eigenvalue weighted by Crippen LogP contribution is -1.90. The Bertz CT molecular complexity index is 866. The molecule has 0 aliphatic rings. The molecule has 3 rings (SSSR count). The average Bonchev–Trinajstić information content (AvgIpc) is 3.11. The van der Waals surface area contributed by atoms with Crippen molar-refractivity contribution in [3.05, 3.63) is 75.1 Å². The Morgan fingerprint density at radius 2 is 1.84 bits per heavy atom. The van der Waals surface area contributed by atoms with Gasteiger partial charge in [-0.3, -0.25) is 10.1 Å². The Labute approximate surface area is 153 Å². The number of rotatable bonds is 6. The van der Waals surface area contributed by atoms with Crippen molar-refractivity contribution in [3.63, 3.8) is 0 Å². The summed E-state index contributed by atoms with van der Waals surface area (Å²) in [6.45, 7) is 1.99. The van der Waals surface area contributed by atoms with Crippen LogP contribution in [0.15, 0.2) is 52.9 Å². The second-order valence-electron chi connectivity index (χ2n) is 5.33. The van der Waals surface area contributed by atoms with Crippen molar-refractivity contribution in [3.8, 4) is 11.5 Å². The average molecular weight is 376 g/mol. The summed E-state index contributed by atoms with van der Waals surface area (Å²) in [6, 6.07) is 13.7. The second kappa shape index (κ2) is 7.67. The minimum absolute atomic E-state index is 0.0231. The first kappa shape index (κ1) is 17.4. The Kier molecular flexibility index (Phi) is 5.35. The van der Waals surface area contributed by atoms with Gasteiger partial charge in [0.2, 0.25) is 11.8 Å². The largest absolute Gasteiger partial charge is 0.420 e. The third-order valence-corrected chi connectivity index (χ3v) is 4.98. The lowest BCUT2D eigenvalue weighted by atomic mass is 10.2. The maximum absolute atomic E-state index is 10.7. The Balaban J connectivity index is 1.65. The van der Waals surface area contributed by atoms with Crippen molar-refractivity contribution in [1.29, 1.82) is 0 Å². The number of non-ortho nitro benzene ring substituents is 1. The van der Waals surface area contributed by atoms with Gasteiger partial charge in [0, 0.05) is 28.5 Å². The van der Waals surface area contributed by atoms with Gasteiger partial charge in [-0.1, -0.05) is 23.7 Å². The molecule has 0 aliphatic carbocycles. The van der Waals surface area contributed by atoms with E-state index in [9.17, 15) is 10.1 Å². The summed E-state index contributed by atoms with van der Waals surface area (Å²) in [7, 11) is 0. The van der Waals surface area contributed by atoms with Gasteiger partial charge in [0.05, 0.1) is 10.2 Å². The van der Waals surface area contributed by atoms with E-state index in [1.807, 2.05) is 31.2 Å². The van der Waals surface area contributed by atoms with Gasteiger partial charge >= 0.3 is 0 Å². The van der Waals surface area contributed by atoms with Crippen LogP contribution in [0.4, 0.5) is 5.69 Å². The van der Waals surface area contributed by atoms with Crippen LogP contribution in [0.5, 0.6) is 0 Å². The fraction of sp³-hybridized carbons (Fsp3) is 0.176. The fourth-order valence-electron chi connectivity index (χ4n) is 2.11. The molecule has 0 amide bonds. The van der Waals surface area contributed by atoms with Crippen LogP contribution in [0.25, 0.3) is 11.5 Å². The first-order valence-corrected chi connectivity index (χ1v) is 8.90. The van der Waals surface area contributed by atoms with Crippen molar-refractivity contribution in [1.82, 2.24) is 10.2 Å². The van der Waals surface area contributed by atoms with Crippen molar-refractivity contribution in [2.24, 2.45) is 0 Å². The van der Waals surface area contributed by atoms with E-state index in [1.165, 1.54) is 12.1 Å². The third-order valence-electron chi connectivity index (χ3n) is 3.53. The molecule has 0 unspecified atom stereocenters. The molecular formula is C17H14ClN3O3S. The number of nitrogens with zero attached hydrogens (tertiary/aromatic N) is 3. The van der Waals surface area contributed by atoms with E-state index in [2.05, 4.69) is 10.2 Å². The molecule has 0 fully saturated rings. The van der Waals surface area contributed by atoms with E-state index in [1.54, 1.807) is 23.9 Å². The van der Waals surface area contributed by atoms with Crippen molar-refractivity contribution in [2.45, 2.75) is 17.9 Å². The van der Waals surface area contributed by atoms with E-state index in [0.29, 0.717) is 22.4 Å². The normalized spacial score (nSPS) is 12.1. The van der Waals surface area contributed by atoms with Crippen molar-refractivity contribution < 1.29 is 9.34 Å². The Morgan fingerprint density at radius 1 is 1.16 bits per heavy atom. The molecule has 3 aromatic rings. The molecular weight excluding hydrogens is 362 g/mol. The van der Waals surface area contributed by atoms with Gasteiger partial charge in [-0.25, -0.2) is 0 Å². The monoisotopic (exact) mass is 375 g/mol. The molecule has 0 saturated carbocycles. The SMILES string of the molecule is C[C@@H](SCc1ccc(Cl)cc1)c1nnc(-c2ccc([N+](=O)[O-])cc2)o1. The van der Waals surface area contributed by atoms with Gasteiger partial charge in [0.25, 0.3) is 5.69 Å². The zero-order valence-electron chi connectivity index (χ0n) is 13.3. The topological polar surface area (TPSA) is 82.1 Å². The van der Waals surface area contributed by atoms with Crippen LogP contribution in [-0.2, 0) is 5.75 Å². The number of hydrogen-bond donors (Lipinski definition) is 0. The highest BCUT2D eigenvalue weighted by molar-refractivity contribution is 7.98. The highest BCUT2D eigenvalue weighted by Crippen LogP contribution is 2.32. The molecule has 25 heavy (non-hydrogen) atoms. The first-order chi connectivity index (χ1) is 12.0. The lowest BCUT2D eigenvalue weighted by molar-refractivity contribution is -0.384. The summed E-state index contributed by atoms with van der Waals surface area (Å²) in [4.78, 5) is 10.2. The first-order valence-electron chi connectivity index (χ1n) is 7.47. The number of nitro benzene ring substituents is 1. The summed E-state index contributed by atoms with van der Waals surface area (Å²) in [5, 5.41) is 19.5. The predicted octanol–water partition coefficient (Wildman–Crippen LogP) is 5.29. The Hall–Kier alpha value is -2.38. The minimum Gasteiger partial charge on any atom is -0.420 e. The summed E-state index contributed by atoms with van der Waals surface area (Å²) in [5.41, 5.74) is 1.84. The van der Waals surface area contributed by atoms with Crippen LogP contribution in [0.3, 0.4) is 0 Å². The molecule has 0 spiro atoms. The molecule has 0 bridgehead atoms. The number of nitro groups is 1. The van der Waals surface area contributed by atoms with Crippen molar-refractivity contribution in [2.75, 3.05) is 0 Å². The van der Waals surface area contributed by atoms with Crippen LogP contribution in [-0.4, -0.2) is 15.1 Å². The number of benzene rings is 2. The molecule has 0 radical (unpaired) electrons. The lowest BCUT2D eigenvalue weighted by Gasteiger charge is -2.06. The molecule has 0 N–H and O–H groups in total. The molecule has 6 nitrogen and oxygen atoms in total. The van der Waals surface area contributed by atoms with Crippen LogP contribution in [0, 0.1) is 10.1 Å². The molecule has 0 saturated heterocycles. The van der Waals surface area contributed by atoms with Crippen LogP contribution in [0.1, 0.15) is 23.6 Å². The van der Waals surface area contributed by atoms with E-state index in [0.717, 1.165) is 11.3 Å². The van der Waals surface area contributed by atoms with Gasteiger partial charge in [-0.05, 0) is 36.8 Å². The quantitative estimate of drug-likeness (QED) is 0.430. The summed E-state index contributed by atoms with van der Waals surface area (Å²) in [6.07, 6.45) is 0. The molecule has 0 aliphatic heterocycles. The molecule has 8 heteroatoms. The molecule has 2 aromatic carbocycles. The predicted molar refractivity (Wildman–Crippen MR) is 97.6 cm³/mol. The number of aromatic nitrogens is 2. The number of halogens is 1. The van der Waals surface area contributed by atoms with Gasteiger partial charge in [0.1, 0.15) is 0 Å². The third kappa shape index (κ3) is 4.37. The maximum Gasteiger partial charge on any atom is 0.269 e. The Morgan fingerprint density at radius 3 is 2.48 bits per heavy atom. The molecule has 1 aromatic heterocycles. The van der Waals surface area contributed by atoms with Gasteiger partial charge in [0.15, 0.2) is 0 Å². The van der Waals surface area contributed by atoms with Crippen molar-refractivity contribution >= 4 is 29.1 Å². The van der Waals surface area contributed by atoms with Gasteiger partial charge in [-0.2, -0.15) is 0 Å². The molecule has 1 atom stereocenters. The fourth-order valence-corrected chi connectivity index (χ4v) is 3.11. The van der Waals surface area contributed by atoms with E-state index in [4.69, 9.17) is 16.0 Å². The van der Waals surface area contributed by atoms with Gasteiger partial charge in [-0.15, -0.1) is 22.0 Å². The second-order valence-corrected chi connectivity index (χ2v) is 7.09. The number of hydrogen-bond acceptors (Lipinski definition) is 6. The maximum atomic E-state index is 10.7. The van der Waals surface area contributed by atoms with E-state index in [-0.39, 0.29) is 10.9 Å². The van der Waals surface area contributed by atoms with E-state index < -0.39 is 4.92 Å². The highest BCUT2D eigenvalue weighted by Gasteiger charge is 2.16. The van der Waals surface area contributed by atoms with E-state index >= 15 is 0 Å². The smallest absolute Gasteiger partial charge is 0.269 e. The van der Waals surface area contributed by atoms with Crippen LogP contribution < -0.4 is 0 Å². The summed E-state index contributed by atoms with van der Waals surface area (Å²) >= 11 is 7.56. The zero-order chi connectivity index (χ0) is 17.8. The summed E-state index contributed by atoms with van der Waals surface area (Å²) in [5.74, 6) is 1.67. The minimum atomic E-state index is -0.446. The molecule has 128 valence electrons. The highest BCUT2D eigenvalue weighted by atomic mass is 35.5. The van der Waals surface area contributed by atoms with Crippen LogP contribution >= 0.6 is 23.4 Å². The van der Waals surface area contributed by atoms with Gasteiger partial charge < -0.3 is 4.42 Å². The number of thioether (sulfide) groups is 1. The molecule has 1 heterocycles.